The average Bonchev–Trinajstić information content (AvgIpc) is 3.03. The molecule has 0 spiro atoms. The Morgan fingerprint density at radius 1 is 1.16 bits per heavy atom. The van der Waals surface area contributed by atoms with Gasteiger partial charge in [0.1, 0.15) is 11.1 Å². The molecule has 3 rings (SSSR count). The van der Waals surface area contributed by atoms with E-state index in [0.29, 0.717) is 17.3 Å². The molecule has 0 radical (unpaired) electrons. The monoisotopic (exact) mass is 387 g/mol. The number of hydrogen-bond acceptors (Lipinski definition) is 3. The van der Waals surface area contributed by atoms with E-state index in [9.17, 15) is 18.0 Å². The Balaban J connectivity index is 1.88. The molecule has 1 heterocycles. The molecule has 0 aliphatic carbocycles. The first-order valence-electron chi connectivity index (χ1n) is 7.38. The quantitative estimate of drug-likeness (QED) is 0.731. The predicted molar refractivity (Wildman–Crippen MR) is 90.8 cm³/mol. The molecule has 3 nitrogen and oxygen atoms in total. The van der Waals surface area contributed by atoms with Gasteiger partial charge in [-0.3, -0.25) is 4.79 Å². The van der Waals surface area contributed by atoms with E-state index >= 15 is 0 Å². The second-order valence-electron chi connectivity index (χ2n) is 5.32. The van der Waals surface area contributed by atoms with Gasteiger partial charge >= 0.3 is 6.36 Å². The Morgan fingerprint density at radius 3 is 2.52 bits per heavy atom. The summed E-state index contributed by atoms with van der Waals surface area (Å²) < 4.78 is 41.7. The number of thioether (sulfide) groups is 1. The van der Waals surface area contributed by atoms with Gasteiger partial charge in [0.05, 0.1) is 5.56 Å². The van der Waals surface area contributed by atoms with Crippen molar-refractivity contribution in [1.29, 1.82) is 0 Å². The molecule has 0 bridgehead atoms. The molecule has 1 atom stereocenters. The lowest BCUT2D eigenvalue weighted by Gasteiger charge is -2.25. The molecule has 1 amide bonds. The van der Waals surface area contributed by atoms with E-state index in [1.54, 1.807) is 28.8 Å². The molecule has 1 aliphatic rings. The summed E-state index contributed by atoms with van der Waals surface area (Å²) in [4.78, 5) is 14.4. The van der Waals surface area contributed by atoms with E-state index in [0.717, 1.165) is 11.6 Å². The van der Waals surface area contributed by atoms with Crippen LogP contribution in [0.3, 0.4) is 0 Å². The second kappa shape index (κ2) is 7.17. The van der Waals surface area contributed by atoms with Crippen molar-refractivity contribution in [2.24, 2.45) is 0 Å². The smallest absolute Gasteiger partial charge is 0.405 e. The molecule has 25 heavy (non-hydrogen) atoms. The molecule has 1 unspecified atom stereocenters. The number of amides is 1. The van der Waals surface area contributed by atoms with E-state index in [-0.39, 0.29) is 10.9 Å². The number of benzene rings is 2. The van der Waals surface area contributed by atoms with E-state index in [4.69, 9.17) is 11.6 Å². The summed E-state index contributed by atoms with van der Waals surface area (Å²) in [6.07, 6.45) is -4.86. The highest BCUT2D eigenvalue weighted by molar-refractivity contribution is 7.99. The number of nitrogens with zero attached hydrogens (tertiary/aromatic N) is 1. The number of alkyl halides is 3. The Kier molecular flexibility index (Phi) is 5.15. The van der Waals surface area contributed by atoms with Crippen molar-refractivity contribution in [2.45, 2.75) is 11.7 Å². The van der Waals surface area contributed by atoms with Crippen molar-refractivity contribution in [3.63, 3.8) is 0 Å². The second-order valence-corrected chi connectivity index (χ2v) is 6.94. The number of carbonyl (C=O) groups is 1. The summed E-state index contributed by atoms with van der Waals surface area (Å²) in [7, 11) is 0. The predicted octanol–water partition coefficient (Wildman–Crippen LogP) is 5.13. The highest BCUT2D eigenvalue weighted by Gasteiger charge is 2.36. The van der Waals surface area contributed by atoms with Crippen LogP contribution in [0, 0.1) is 0 Å². The van der Waals surface area contributed by atoms with Gasteiger partial charge in [-0.1, -0.05) is 35.9 Å². The van der Waals surface area contributed by atoms with Gasteiger partial charge in [-0.05, 0) is 29.8 Å². The van der Waals surface area contributed by atoms with Crippen LogP contribution in [-0.4, -0.2) is 29.5 Å². The fourth-order valence-corrected chi connectivity index (χ4v) is 3.98. The molecule has 2 aromatic carbocycles. The lowest BCUT2D eigenvalue weighted by molar-refractivity contribution is -0.274. The van der Waals surface area contributed by atoms with Gasteiger partial charge < -0.3 is 9.64 Å². The Bertz CT molecular complexity index is 767. The largest absolute Gasteiger partial charge is 0.573 e. The highest BCUT2D eigenvalue weighted by Crippen LogP contribution is 2.40. The third-order valence-electron chi connectivity index (χ3n) is 3.65. The maximum absolute atomic E-state index is 12.8. The van der Waals surface area contributed by atoms with Crippen molar-refractivity contribution < 1.29 is 22.7 Å². The summed E-state index contributed by atoms with van der Waals surface area (Å²) in [6, 6.07) is 12.4. The third kappa shape index (κ3) is 4.22. The van der Waals surface area contributed by atoms with Gasteiger partial charge in [-0.25, -0.2) is 0 Å². The molecule has 132 valence electrons. The minimum Gasteiger partial charge on any atom is -0.405 e. The van der Waals surface area contributed by atoms with Gasteiger partial charge in [0, 0.05) is 17.3 Å². The fraction of sp³-hybridized carbons (Fsp3) is 0.235. The van der Waals surface area contributed by atoms with Gasteiger partial charge in [0.25, 0.3) is 5.91 Å². The number of carbonyl (C=O) groups excluding carboxylic acids is 1. The lowest BCUT2D eigenvalue weighted by Crippen LogP contribution is -2.31. The molecule has 0 N–H and O–H groups in total. The summed E-state index contributed by atoms with van der Waals surface area (Å²) in [5.74, 6) is -0.294. The van der Waals surface area contributed by atoms with E-state index in [2.05, 4.69) is 4.74 Å². The first-order valence-corrected chi connectivity index (χ1v) is 8.80. The number of hydrogen-bond donors (Lipinski definition) is 0. The number of rotatable bonds is 3. The maximum atomic E-state index is 12.8. The highest BCUT2D eigenvalue weighted by atomic mass is 35.5. The van der Waals surface area contributed by atoms with Crippen LogP contribution in [0.25, 0.3) is 0 Å². The molecule has 1 aliphatic heterocycles. The average molecular weight is 388 g/mol. The summed E-state index contributed by atoms with van der Waals surface area (Å²) in [5, 5.41) is 0.303. The van der Waals surface area contributed by atoms with Crippen LogP contribution in [0.2, 0.25) is 5.02 Å². The first-order chi connectivity index (χ1) is 11.8. The van der Waals surface area contributed by atoms with Crippen LogP contribution in [0.1, 0.15) is 21.3 Å². The van der Waals surface area contributed by atoms with Crippen LogP contribution in [0.15, 0.2) is 48.5 Å². The van der Waals surface area contributed by atoms with E-state index in [1.165, 1.54) is 18.2 Å². The normalized spacial score (nSPS) is 17.6. The Labute approximate surface area is 151 Å². The molecule has 2 aromatic rings. The van der Waals surface area contributed by atoms with Gasteiger partial charge in [0.2, 0.25) is 0 Å². The molecular formula is C17H13ClF3NO2S. The number of ether oxygens (including phenoxy) is 1. The standard InChI is InChI=1S/C17H13ClF3NO2S/c18-12-7-5-11(6-8-12)16-22(9-10-25-16)15(23)13-3-1-2-4-14(13)24-17(19,20)21/h1-8,16H,9-10H2. The third-order valence-corrected chi connectivity index (χ3v) is 5.16. The number of halogens is 4. The van der Waals surface area contributed by atoms with Crippen molar-refractivity contribution in [1.82, 2.24) is 4.90 Å². The van der Waals surface area contributed by atoms with Gasteiger partial charge in [-0.15, -0.1) is 24.9 Å². The van der Waals surface area contributed by atoms with Crippen LogP contribution in [-0.2, 0) is 0 Å². The van der Waals surface area contributed by atoms with Crippen molar-refractivity contribution >= 4 is 29.3 Å². The van der Waals surface area contributed by atoms with E-state index in [1.807, 2.05) is 12.1 Å². The van der Waals surface area contributed by atoms with Crippen molar-refractivity contribution in [3.8, 4) is 5.75 Å². The Morgan fingerprint density at radius 2 is 1.84 bits per heavy atom. The zero-order chi connectivity index (χ0) is 18.0. The van der Waals surface area contributed by atoms with Crippen LogP contribution in [0.4, 0.5) is 13.2 Å². The molecule has 0 aromatic heterocycles. The summed E-state index contributed by atoms with van der Waals surface area (Å²) in [5.41, 5.74) is 0.760. The minimum atomic E-state index is -4.86. The van der Waals surface area contributed by atoms with Crippen LogP contribution < -0.4 is 4.74 Å². The van der Waals surface area contributed by atoms with Gasteiger partial charge in [-0.2, -0.15) is 0 Å². The van der Waals surface area contributed by atoms with E-state index < -0.39 is 18.0 Å². The van der Waals surface area contributed by atoms with Gasteiger partial charge in [0.15, 0.2) is 0 Å². The minimum absolute atomic E-state index is 0.110. The molecule has 1 fully saturated rings. The van der Waals surface area contributed by atoms with Crippen LogP contribution >= 0.6 is 23.4 Å². The first kappa shape index (κ1) is 17.9. The maximum Gasteiger partial charge on any atom is 0.573 e. The molecule has 1 saturated heterocycles. The van der Waals surface area contributed by atoms with Crippen LogP contribution in [0.5, 0.6) is 5.75 Å². The SMILES string of the molecule is O=C(c1ccccc1OC(F)(F)F)N1CCSC1c1ccc(Cl)cc1. The molecule has 0 saturated carbocycles. The fourth-order valence-electron chi connectivity index (χ4n) is 2.59. The summed E-state index contributed by atoms with van der Waals surface area (Å²) in [6.45, 7) is 0.442. The molecule has 8 heteroatoms. The zero-order valence-corrected chi connectivity index (χ0v) is 14.4. The van der Waals surface area contributed by atoms with Crippen molar-refractivity contribution in [3.05, 3.63) is 64.7 Å². The molecular weight excluding hydrogens is 375 g/mol. The lowest BCUT2D eigenvalue weighted by atomic mass is 10.1. The Hall–Kier alpha value is -1.86. The topological polar surface area (TPSA) is 29.5 Å². The van der Waals surface area contributed by atoms with Crippen molar-refractivity contribution in [2.75, 3.05) is 12.3 Å². The summed E-state index contributed by atoms with van der Waals surface area (Å²) >= 11 is 7.44. The zero-order valence-electron chi connectivity index (χ0n) is 12.8. The number of para-hydroxylation sites is 1.